The molecule has 8 heteroatoms. The molecule has 4 rings (SSSR count). The second kappa shape index (κ2) is 9.69. The SMILES string of the molecule is COc1ccc(/C=N\NC(=O)c2ccc3c(c2)OCO3)cc1COc1ccc(I)cc1. The molecule has 31 heavy (non-hydrogen) atoms. The van der Waals surface area contributed by atoms with Crippen LogP contribution in [0.4, 0.5) is 0 Å². The van der Waals surface area contributed by atoms with Crippen molar-refractivity contribution in [2.45, 2.75) is 6.61 Å². The molecule has 0 aromatic heterocycles. The minimum atomic E-state index is -0.342. The fourth-order valence-corrected chi connectivity index (χ4v) is 3.31. The van der Waals surface area contributed by atoms with E-state index in [0.717, 1.165) is 20.4 Å². The molecule has 3 aromatic carbocycles. The van der Waals surface area contributed by atoms with Crippen LogP contribution in [0.5, 0.6) is 23.0 Å². The first-order valence-corrected chi connectivity index (χ1v) is 10.5. The Labute approximate surface area is 193 Å². The van der Waals surface area contributed by atoms with Crippen LogP contribution in [-0.2, 0) is 6.61 Å². The lowest BCUT2D eigenvalue weighted by Crippen LogP contribution is -2.17. The number of fused-ring (bicyclic) bond motifs is 1. The molecule has 158 valence electrons. The summed E-state index contributed by atoms with van der Waals surface area (Å²) in [5.41, 5.74) is 4.62. The van der Waals surface area contributed by atoms with Crippen LogP contribution in [-0.4, -0.2) is 26.0 Å². The van der Waals surface area contributed by atoms with E-state index in [2.05, 4.69) is 33.1 Å². The summed E-state index contributed by atoms with van der Waals surface area (Å²) in [5.74, 6) is 2.32. The van der Waals surface area contributed by atoms with Crippen molar-refractivity contribution in [2.24, 2.45) is 5.10 Å². The Hall–Kier alpha value is -3.27. The van der Waals surface area contributed by atoms with E-state index in [-0.39, 0.29) is 12.7 Å². The lowest BCUT2D eigenvalue weighted by molar-refractivity contribution is 0.0954. The lowest BCUT2D eigenvalue weighted by atomic mass is 10.1. The predicted octanol–water partition coefficient (Wildman–Crippen LogP) is 4.37. The second-order valence-electron chi connectivity index (χ2n) is 6.58. The molecule has 0 atom stereocenters. The Bertz CT molecular complexity index is 1120. The van der Waals surface area contributed by atoms with Gasteiger partial charge in [-0.05, 0) is 88.8 Å². The molecule has 0 aliphatic carbocycles. The first kappa shape index (κ1) is 21.0. The van der Waals surface area contributed by atoms with Gasteiger partial charge in [0.25, 0.3) is 5.91 Å². The van der Waals surface area contributed by atoms with Crippen molar-refractivity contribution in [2.75, 3.05) is 13.9 Å². The lowest BCUT2D eigenvalue weighted by Gasteiger charge is -2.11. The Morgan fingerprint density at radius 2 is 1.90 bits per heavy atom. The zero-order valence-corrected chi connectivity index (χ0v) is 18.8. The highest BCUT2D eigenvalue weighted by Gasteiger charge is 2.15. The van der Waals surface area contributed by atoms with Gasteiger partial charge in [-0.15, -0.1) is 0 Å². The van der Waals surface area contributed by atoms with Gasteiger partial charge in [-0.1, -0.05) is 0 Å². The number of carbonyl (C=O) groups is 1. The zero-order valence-electron chi connectivity index (χ0n) is 16.6. The van der Waals surface area contributed by atoms with Crippen molar-refractivity contribution in [1.29, 1.82) is 0 Å². The van der Waals surface area contributed by atoms with Crippen LogP contribution in [0.15, 0.2) is 65.8 Å². The van der Waals surface area contributed by atoms with Gasteiger partial charge in [0.1, 0.15) is 18.1 Å². The molecule has 3 aromatic rings. The van der Waals surface area contributed by atoms with Crippen LogP contribution in [0.2, 0.25) is 0 Å². The summed E-state index contributed by atoms with van der Waals surface area (Å²) in [6.07, 6.45) is 1.57. The molecule has 0 radical (unpaired) electrons. The summed E-state index contributed by atoms with van der Waals surface area (Å²) >= 11 is 2.25. The number of hydrogen-bond donors (Lipinski definition) is 1. The van der Waals surface area contributed by atoms with Gasteiger partial charge in [-0.3, -0.25) is 4.79 Å². The van der Waals surface area contributed by atoms with Gasteiger partial charge in [0.2, 0.25) is 6.79 Å². The third-order valence-corrected chi connectivity index (χ3v) is 5.25. The van der Waals surface area contributed by atoms with E-state index in [0.29, 0.717) is 29.4 Å². The molecule has 0 fully saturated rings. The predicted molar refractivity (Wildman–Crippen MR) is 124 cm³/mol. The molecule has 1 aliphatic heterocycles. The van der Waals surface area contributed by atoms with Crippen LogP contribution in [0.3, 0.4) is 0 Å². The zero-order chi connectivity index (χ0) is 21.6. The number of benzene rings is 3. The Kier molecular flexibility index (Phi) is 6.56. The third-order valence-electron chi connectivity index (χ3n) is 4.53. The molecule has 0 saturated heterocycles. The maximum Gasteiger partial charge on any atom is 0.271 e. The normalized spacial score (nSPS) is 12.1. The van der Waals surface area contributed by atoms with Crippen molar-refractivity contribution in [3.05, 3.63) is 80.9 Å². The van der Waals surface area contributed by atoms with Crippen molar-refractivity contribution >= 4 is 34.7 Å². The van der Waals surface area contributed by atoms with E-state index in [1.54, 1.807) is 31.5 Å². The number of hydrazone groups is 1. The fourth-order valence-electron chi connectivity index (χ4n) is 2.95. The quantitative estimate of drug-likeness (QED) is 0.279. The molecule has 0 bridgehead atoms. The van der Waals surface area contributed by atoms with Gasteiger partial charge in [0, 0.05) is 14.7 Å². The number of hydrogen-bond acceptors (Lipinski definition) is 6. The van der Waals surface area contributed by atoms with Gasteiger partial charge in [-0.25, -0.2) is 5.43 Å². The average Bonchev–Trinajstić information content (AvgIpc) is 3.26. The van der Waals surface area contributed by atoms with Crippen LogP contribution in [0, 0.1) is 3.57 Å². The van der Waals surface area contributed by atoms with Crippen LogP contribution < -0.4 is 24.4 Å². The summed E-state index contributed by atoms with van der Waals surface area (Å²) in [6, 6.07) is 18.4. The van der Waals surface area contributed by atoms with E-state index in [9.17, 15) is 4.79 Å². The number of carbonyl (C=O) groups excluding carboxylic acids is 1. The number of ether oxygens (including phenoxy) is 4. The van der Waals surface area contributed by atoms with E-state index in [1.807, 2.05) is 42.5 Å². The third kappa shape index (κ3) is 5.26. The first-order chi connectivity index (χ1) is 15.1. The molecule has 0 spiro atoms. The van der Waals surface area contributed by atoms with E-state index < -0.39 is 0 Å². The minimum Gasteiger partial charge on any atom is -0.496 e. The molecule has 1 amide bonds. The Balaban J connectivity index is 1.40. The monoisotopic (exact) mass is 530 g/mol. The van der Waals surface area contributed by atoms with Crippen LogP contribution >= 0.6 is 22.6 Å². The topological polar surface area (TPSA) is 78.4 Å². The van der Waals surface area contributed by atoms with Crippen molar-refractivity contribution in [3.63, 3.8) is 0 Å². The van der Waals surface area contributed by atoms with Gasteiger partial charge < -0.3 is 18.9 Å². The molecule has 1 aliphatic rings. The van der Waals surface area contributed by atoms with E-state index in [4.69, 9.17) is 18.9 Å². The average molecular weight is 530 g/mol. The Morgan fingerprint density at radius 3 is 2.71 bits per heavy atom. The maximum atomic E-state index is 12.3. The number of halogens is 1. The van der Waals surface area contributed by atoms with Gasteiger partial charge in [-0.2, -0.15) is 5.10 Å². The van der Waals surface area contributed by atoms with Gasteiger partial charge in [0.15, 0.2) is 11.5 Å². The molecule has 0 saturated carbocycles. The van der Waals surface area contributed by atoms with Crippen LogP contribution in [0.1, 0.15) is 21.5 Å². The van der Waals surface area contributed by atoms with E-state index >= 15 is 0 Å². The highest BCUT2D eigenvalue weighted by atomic mass is 127. The molecule has 7 nitrogen and oxygen atoms in total. The summed E-state index contributed by atoms with van der Waals surface area (Å²) in [6.45, 7) is 0.501. The first-order valence-electron chi connectivity index (χ1n) is 9.41. The summed E-state index contributed by atoms with van der Waals surface area (Å²) in [7, 11) is 1.61. The standard InChI is InChI=1S/C23H19IN2O5/c1-28-20-8-2-15(10-17(20)13-29-19-6-4-18(24)5-7-19)12-25-26-23(27)16-3-9-21-22(11-16)31-14-30-21/h2-12H,13-14H2,1H3,(H,26,27)/b25-12-. The number of nitrogens with zero attached hydrogens (tertiary/aromatic N) is 1. The largest absolute Gasteiger partial charge is 0.496 e. The number of amides is 1. The fraction of sp³-hybridized carbons (Fsp3) is 0.130. The van der Waals surface area contributed by atoms with Crippen LogP contribution in [0.25, 0.3) is 0 Å². The van der Waals surface area contributed by atoms with Gasteiger partial charge >= 0.3 is 0 Å². The van der Waals surface area contributed by atoms with E-state index in [1.165, 1.54) is 0 Å². The second-order valence-corrected chi connectivity index (χ2v) is 7.83. The molecule has 0 unspecified atom stereocenters. The molecular weight excluding hydrogens is 511 g/mol. The highest BCUT2D eigenvalue weighted by molar-refractivity contribution is 14.1. The smallest absolute Gasteiger partial charge is 0.271 e. The molecule has 1 heterocycles. The van der Waals surface area contributed by atoms with Crippen molar-refractivity contribution < 1.29 is 23.7 Å². The Morgan fingerprint density at radius 1 is 1.10 bits per heavy atom. The number of nitrogens with one attached hydrogen (secondary N) is 1. The minimum absolute atomic E-state index is 0.158. The number of methoxy groups -OCH3 is 1. The summed E-state index contributed by atoms with van der Waals surface area (Å²) < 4.78 is 23.0. The summed E-state index contributed by atoms with van der Waals surface area (Å²) in [5, 5.41) is 4.06. The molecular formula is C23H19IN2O5. The maximum absolute atomic E-state index is 12.3. The van der Waals surface area contributed by atoms with Crippen molar-refractivity contribution in [1.82, 2.24) is 5.43 Å². The van der Waals surface area contributed by atoms with Crippen molar-refractivity contribution in [3.8, 4) is 23.0 Å². The molecule has 1 N–H and O–H groups in total. The number of rotatable bonds is 7. The summed E-state index contributed by atoms with van der Waals surface area (Å²) in [4.78, 5) is 12.3. The van der Waals surface area contributed by atoms with Gasteiger partial charge in [0.05, 0.1) is 13.3 Å². The highest BCUT2D eigenvalue weighted by Crippen LogP contribution is 2.32.